The second kappa shape index (κ2) is 6.04. The lowest BCUT2D eigenvalue weighted by atomic mass is 9.95. The van der Waals surface area contributed by atoms with Gasteiger partial charge in [0.1, 0.15) is 11.0 Å². The van der Waals surface area contributed by atoms with Crippen LogP contribution in [0.2, 0.25) is 0 Å². The molecule has 1 atom stereocenters. The van der Waals surface area contributed by atoms with Crippen LogP contribution in [0.1, 0.15) is 38.1 Å². The van der Waals surface area contributed by atoms with Crippen molar-refractivity contribution in [3.05, 3.63) is 17.0 Å². The van der Waals surface area contributed by atoms with Gasteiger partial charge in [-0.1, -0.05) is 20.8 Å². The molecule has 1 unspecified atom stereocenters. The van der Waals surface area contributed by atoms with E-state index >= 15 is 0 Å². The maximum absolute atomic E-state index is 11.9. The number of hydrogen-bond acceptors (Lipinski definition) is 4. The quantitative estimate of drug-likeness (QED) is 0.791. The Morgan fingerprint density at radius 1 is 1.30 bits per heavy atom. The molecule has 1 aromatic heterocycles. The highest BCUT2D eigenvalue weighted by Gasteiger charge is 2.25. The van der Waals surface area contributed by atoms with Crippen LogP contribution in [0.15, 0.2) is 11.4 Å². The van der Waals surface area contributed by atoms with Crippen LogP contribution in [0.3, 0.4) is 0 Å². The minimum Gasteiger partial charge on any atom is -0.478 e. The Labute approximate surface area is 121 Å². The molecule has 1 rings (SSSR count). The number of anilines is 1. The second-order valence-electron chi connectivity index (χ2n) is 5.40. The molecule has 0 aromatic carbocycles. The minimum absolute atomic E-state index is 0.0395. The smallest absolute Gasteiger partial charge is 0.338 e. The molecular weight excluding hydrogens is 280 g/mol. The van der Waals surface area contributed by atoms with E-state index in [0.717, 1.165) is 11.3 Å². The number of amides is 2. The molecule has 0 aliphatic heterocycles. The van der Waals surface area contributed by atoms with Gasteiger partial charge in [0.2, 0.25) is 11.8 Å². The van der Waals surface area contributed by atoms with Gasteiger partial charge < -0.3 is 15.7 Å². The number of thiophene rings is 1. The zero-order chi connectivity index (χ0) is 15.5. The van der Waals surface area contributed by atoms with Crippen LogP contribution < -0.4 is 10.6 Å². The normalized spacial score (nSPS) is 12.6. The number of aromatic carboxylic acids is 1. The third-order valence-corrected chi connectivity index (χ3v) is 3.38. The summed E-state index contributed by atoms with van der Waals surface area (Å²) in [6.45, 7) is 6.78. The fourth-order valence-electron chi connectivity index (χ4n) is 1.27. The summed E-state index contributed by atoms with van der Waals surface area (Å²) in [7, 11) is 0. The molecule has 0 aliphatic rings. The molecule has 0 fully saturated rings. The van der Waals surface area contributed by atoms with E-state index in [-0.39, 0.29) is 16.5 Å². The van der Waals surface area contributed by atoms with Gasteiger partial charge in [-0.2, -0.15) is 0 Å². The van der Waals surface area contributed by atoms with Crippen molar-refractivity contribution in [1.29, 1.82) is 0 Å². The molecule has 2 amide bonds. The average molecular weight is 298 g/mol. The number of hydrogen-bond donors (Lipinski definition) is 3. The summed E-state index contributed by atoms with van der Waals surface area (Å²) in [4.78, 5) is 34.6. The number of rotatable bonds is 4. The summed E-state index contributed by atoms with van der Waals surface area (Å²) in [5, 5.41) is 15.9. The fourth-order valence-corrected chi connectivity index (χ4v) is 2.06. The fraction of sp³-hybridized carbons (Fsp3) is 0.462. The van der Waals surface area contributed by atoms with Crippen LogP contribution in [0, 0.1) is 5.41 Å². The Morgan fingerprint density at radius 2 is 1.90 bits per heavy atom. The zero-order valence-corrected chi connectivity index (χ0v) is 12.6. The molecule has 0 saturated carbocycles. The molecule has 0 bridgehead atoms. The Bertz CT molecular complexity index is 531. The van der Waals surface area contributed by atoms with Crippen LogP contribution >= 0.6 is 11.3 Å². The summed E-state index contributed by atoms with van der Waals surface area (Å²) in [5.41, 5.74) is -0.554. The Kier molecular flexibility index (Phi) is 4.88. The van der Waals surface area contributed by atoms with Crippen molar-refractivity contribution < 1.29 is 19.5 Å². The average Bonchev–Trinajstić information content (AvgIpc) is 2.75. The van der Waals surface area contributed by atoms with E-state index in [9.17, 15) is 14.4 Å². The molecule has 20 heavy (non-hydrogen) atoms. The van der Waals surface area contributed by atoms with Crippen molar-refractivity contribution in [2.75, 3.05) is 5.32 Å². The number of carboxylic acids is 1. The maximum Gasteiger partial charge on any atom is 0.338 e. The van der Waals surface area contributed by atoms with Gasteiger partial charge in [0, 0.05) is 5.41 Å². The molecule has 1 aromatic rings. The summed E-state index contributed by atoms with van der Waals surface area (Å²) in [5.74, 6) is -1.80. The van der Waals surface area contributed by atoms with Crippen molar-refractivity contribution in [3.8, 4) is 0 Å². The van der Waals surface area contributed by atoms with Gasteiger partial charge in [-0.15, -0.1) is 11.3 Å². The highest BCUT2D eigenvalue weighted by molar-refractivity contribution is 7.14. The van der Waals surface area contributed by atoms with E-state index in [0.29, 0.717) is 0 Å². The SMILES string of the molecule is CC(NC(=O)C(C)(C)C)C(=O)Nc1sccc1C(=O)O. The van der Waals surface area contributed by atoms with Crippen LogP contribution in [0.5, 0.6) is 0 Å². The predicted molar refractivity (Wildman–Crippen MR) is 77.0 cm³/mol. The molecule has 7 heteroatoms. The Hall–Kier alpha value is -1.89. The number of nitrogens with one attached hydrogen (secondary N) is 2. The third kappa shape index (κ3) is 4.06. The van der Waals surface area contributed by atoms with E-state index in [4.69, 9.17) is 5.11 Å². The number of carbonyl (C=O) groups is 3. The van der Waals surface area contributed by atoms with Crippen LogP contribution in [-0.4, -0.2) is 28.9 Å². The summed E-state index contributed by atoms with van der Waals surface area (Å²) in [6.07, 6.45) is 0. The van der Waals surface area contributed by atoms with Crippen molar-refractivity contribution in [3.63, 3.8) is 0 Å². The molecule has 0 saturated heterocycles. The van der Waals surface area contributed by atoms with Crippen LogP contribution in [0.25, 0.3) is 0 Å². The van der Waals surface area contributed by atoms with E-state index in [1.54, 1.807) is 33.1 Å². The summed E-state index contributed by atoms with van der Waals surface area (Å²) < 4.78 is 0. The Balaban J connectivity index is 2.69. The predicted octanol–water partition coefficient (Wildman–Crippen LogP) is 1.94. The first-order valence-electron chi connectivity index (χ1n) is 6.05. The molecule has 0 spiro atoms. The first-order valence-corrected chi connectivity index (χ1v) is 6.93. The van der Waals surface area contributed by atoms with Gasteiger partial charge in [0.05, 0.1) is 5.56 Å². The zero-order valence-electron chi connectivity index (χ0n) is 11.8. The third-order valence-electron chi connectivity index (χ3n) is 2.55. The number of carbonyl (C=O) groups excluding carboxylic acids is 2. The molecular formula is C13H18N2O4S. The van der Waals surface area contributed by atoms with E-state index < -0.39 is 23.3 Å². The van der Waals surface area contributed by atoms with Gasteiger partial charge in [0.15, 0.2) is 0 Å². The van der Waals surface area contributed by atoms with Crippen LogP contribution in [0.4, 0.5) is 5.00 Å². The molecule has 6 nitrogen and oxygen atoms in total. The Morgan fingerprint density at radius 3 is 2.40 bits per heavy atom. The van der Waals surface area contributed by atoms with E-state index in [1.165, 1.54) is 6.07 Å². The lowest BCUT2D eigenvalue weighted by Gasteiger charge is -2.21. The van der Waals surface area contributed by atoms with Gasteiger partial charge in [-0.25, -0.2) is 4.79 Å². The molecule has 0 radical (unpaired) electrons. The summed E-state index contributed by atoms with van der Waals surface area (Å²) >= 11 is 1.12. The first kappa shape index (κ1) is 16.2. The van der Waals surface area contributed by atoms with Gasteiger partial charge in [0.25, 0.3) is 0 Å². The van der Waals surface area contributed by atoms with Crippen molar-refractivity contribution in [2.45, 2.75) is 33.7 Å². The maximum atomic E-state index is 11.9. The number of carboxylic acid groups (broad SMARTS) is 1. The lowest BCUT2D eigenvalue weighted by Crippen LogP contribution is -2.46. The summed E-state index contributed by atoms with van der Waals surface area (Å²) in [6, 6.07) is 0.673. The van der Waals surface area contributed by atoms with Crippen molar-refractivity contribution in [2.24, 2.45) is 5.41 Å². The molecule has 110 valence electrons. The molecule has 0 aliphatic carbocycles. The first-order chi connectivity index (χ1) is 9.12. The van der Waals surface area contributed by atoms with Gasteiger partial charge in [-0.3, -0.25) is 9.59 Å². The van der Waals surface area contributed by atoms with E-state index in [1.807, 2.05) is 0 Å². The standard InChI is InChI=1S/C13H18N2O4S/c1-7(14-12(19)13(2,3)4)9(16)15-10-8(11(17)18)5-6-20-10/h5-7H,1-4H3,(H,14,19)(H,15,16)(H,17,18). The highest BCUT2D eigenvalue weighted by Crippen LogP contribution is 2.23. The monoisotopic (exact) mass is 298 g/mol. The van der Waals surface area contributed by atoms with Crippen LogP contribution in [-0.2, 0) is 9.59 Å². The largest absolute Gasteiger partial charge is 0.478 e. The topological polar surface area (TPSA) is 95.5 Å². The van der Waals surface area contributed by atoms with Gasteiger partial charge in [-0.05, 0) is 18.4 Å². The van der Waals surface area contributed by atoms with Gasteiger partial charge >= 0.3 is 5.97 Å². The highest BCUT2D eigenvalue weighted by atomic mass is 32.1. The minimum atomic E-state index is -1.10. The lowest BCUT2D eigenvalue weighted by molar-refractivity contribution is -0.131. The molecule has 3 N–H and O–H groups in total. The van der Waals surface area contributed by atoms with Crippen molar-refractivity contribution >= 4 is 34.1 Å². The molecule has 1 heterocycles. The second-order valence-corrected chi connectivity index (χ2v) is 6.32. The van der Waals surface area contributed by atoms with Crippen molar-refractivity contribution in [1.82, 2.24) is 5.32 Å². The van der Waals surface area contributed by atoms with E-state index in [2.05, 4.69) is 10.6 Å².